The third-order valence-corrected chi connectivity index (χ3v) is 4.05. The smallest absolute Gasteiger partial charge is 0.118 e. The molecule has 0 bridgehead atoms. The van der Waals surface area contributed by atoms with Crippen LogP contribution in [0.25, 0.3) is 0 Å². The molecule has 0 radical (unpaired) electrons. The van der Waals surface area contributed by atoms with Gasteiger partial charge in [0.05, 0.1) is 13.2 Å². The lowest BCUT2D eigenvalue weighted by Crippen LogP contribution is -2.21. The molecule has 106 valence electrons. The summed E-state index contributed by atoms with van der Waals surface area (Å²) in [6.45, 7) is 3.06. The molecule has 0 aromatic heterocycles. The highest BCUT2D eigenvalue weighted by Gasteiger charge is 2.12. The lowest BCUT2D eigenvalue weighted by molar-refractivity contribution is 0.414. The number of hydrogen-bond acceptors (Lipinski definition) is 3. The quantitative estimate of drug-likeness (QED) is 0.808. The second-order valence-corrected chi connectivity index (χ2v) is 5.42. The second kappa shape index (κ2) is 7.36. The molecule has 0 aliphatic carbocycles. The second-order valence-electron chi connectivity index (χ2n) is 4.54. The van der Waals surface area contributed by atoms with Gasteiger partial charge in [0.2, 0.25) is 0 Å². The van der Waals surface area contributed by atoms with E-state index in [0.29, 0.717) is 0 Å². The van der Waals surface area contributed by atoms with Crippen LogP contribution in [-0.4, -0.2) is 19.9 Å². The number of ether oxygens (including phenoxy) is 1. The lowest BCUT2D eigenvalue weighted by atomic mass is 9.98. The van der Waals surface area contributed by atoms with Crippen molar-refractivity contribution in [3.05, 3.63) is 59.7 Å². The third kappa shape index (κ3) is 3.56. The van der Waals surface area contributed by atoms with E-state index >= 15 is 0 Å². The van der Waals surface area contributed by atoms with Crippen molar-refractivity contribution in [1.82, 2.24) is 5.32 Å². The fraction of sp³-hybridized carbons (Fsp3) is 0.294. The van der Waals surface area contributed by atoms with Crippen molar-refractivity contribution in [2.75, 3.05) is 19.9 Å². The SMILES string of the molecule is CCNC(c1ccc(OC)cc1)c1ccc(SC)cc1. The van der Waals surface area contributed by atoms with E-state index in [-0.39, 0.29) is 6.04 Å². The van der Waals surface area contributed by atoms with Gasteiger partial charge in [-0.1, -0.05) is 31.2 Å². The van der Waals surface area contributed by atoms with Crippen molar-refractivity contribution in [3.63, 3.8) is 0 Å². The summed E-state index contributed by atoms with van der Waals surface area (Å²) in [7, 11) is 1.69. The van der Waals surface area contributed by atoms with E-state index in [1.807, 2.05) is 12.1 Å². The van der Waals surface area contributed by atoms with E-state index in [1.54, 1.807) is 18.9 Å². The molecule has 2 nitrogen and oxygen atoms in total. The molecule has 0 aliphatic heterocycles. The monoisotopic (exact) mass is 287 g/mol. The zero-order chi connectivity index (χ0) is 14.4. The molecule has 1 atom stereocenters. The van der Waals surface area contributed by atoms with Gasteiger partial charge in [-0.05, 0) is 48.2 Å². The fourth-order valence-corrected chi connectivity index (χ4v) is 2.63. The molecule has 20 heavy (non-hydrogen) atoms. The maximum Gasteiger partial charge on any atom is 0.118 e. The number of nitrogens with one attached hydrogen (secondary N) is 1. The molecule has 0 spiro atoms. The summed E-state index contributed by atoms with van der Waals surface area (Å²) >= 11 is 1.77. The first-order valence-corrected chi connectivity index (χ1v) is 8.02. The van der Waals surface area contributed by atoms with Gasteiger partial charge < -0.3 is 10.1 Å². The Morgan fingerprint density at radius 2 is 1.55 bits per heavy atom. The normalized spacial score (nSPS) is 12.2. The molecule has 0 heterocycles. The number of benzene rings is 2. The lowest BCUT2D eigenvalue weighted by Gasteiger charge is -2.19. The Morgan fingerprint density at radius 1 is 1.00 bits per heavy atom. The van der Waals surface area contributed by atoms with Crippen molar-refractivity contribution in [2.45, 2.75) is 17.9 Å². The summed E-state index contributed by atoms with van der Waals surface area (Å²) in [5.41, 5.74) is 2.54. The molecule has 2 rings (SSSR count). The highest BCUT2D eigenvalue weighted by molar-refractivity contribution is 7.98. The molecule has 0 saturated heterocycles. The van der Waals surface area contributed by atoms with Crippen LogP contribution in [0.1, 0.15) is 24.1 Å². The topological polar surface area (TPSA) is 21.3 Å². The van der Waals surface area contributed by atoms with Gasteiger partial charge in [-0.2, -0.15) is 0 Å². The molecule has 3 heteroatoms. The van der Waals surface area contributed by atoms with Crippen molar-refractivity contribution in [3.8, 4) is 5.75 Å². The Labute approximate surface area is 125 Å². The van der Waals surface area contributed by atoms with Crippen LogP contribution < -0.4 is 10.1 Å². The average molecular weight is 287 g/mol. The predicted molar refractivity (Wildman–Crippen MR) is 86.7 cm³/mol. The Balaban J connectivity index is 2.28. The largest absolute Gasteiger partial charge is 0.497 e. The van der Waals surface area contributed by atoms with Crippen molar-refractivity contribution in [2.24, 2.45) is 0 Å². The third-order valence-electron chi connectivity index (χ3n) is 3.31. The standard InChI is InChI=1S/C17H21NOS/c1-4-18-17(13-5-9-15(19-2)10-6-13)14-7-11-16(20-3)12-8-14/h5-12,17-18H,4H2,1-3H3. The van der Waals surface area contributed by atoms with Gasteiger partial charge in [0, 0.05) is 4.90 Å². The van der Waals surface area contributed by atoms with E-state index in [4.69, 9.17) is 4.74 Å². The summed E-state index contributed by atoms with van der Waals surface area (Å²) in [6, 6.07) is 17.2. The molecule has 1 N–H and O–H groups in total. The Bertz CT molecular complexity index is 474. The summed E-state index contributed by atoms with van der Waals surface area (Å²) in [5, 5.41) is 3.54. The molecular formula is C17H21NOS. The highest BCUT2D eigenvalue weighted by atomic mass is 32.2. The number of methoxy groups -OCH3 is 1. The molecule has 0 saturated carbocycles. The minimum atomic E-state index is 0.224. The molecule has 2 aromatic carbocycles. The van der Waals surface area contributed by atoms with Crippen molar-refractivity contribution >= 4 is 11.8 Å². The Kier molecular flexibility index (Phi) is 5.50. The van der Waals surface area contributed by atoms with E-state index in [1.165, 1.54) is 16.0 Å². The van der Waals surface area contributed by atoms with Crippen LogP contribution in [-0.2, 0) is 0 Å². The van der Waals surface area contributed by atoms with Gasteiger partial charge in [0.1, 0.15) is 5.75 Å². The van der Waals surface area contributed by atoms with Gasteiger partial charge >= 0.3 is 0 Å². The van der Waals surface area contributed by atoms with Crippen LogP contribution in [0.3, 0.4) is 0 Å². The molecule has 0 fully saturated rings. The van der Waals surface area contributed by atoms with Gasteiger partial charge in [-0.25, -0.2) is 0 Å². The average Bonchev–Trinajstić information content (AvgIpc) is 2.53. The van der Waals surface area contributed by atoms with Gasteiger partial charge in [0.15, 0.2) is 0 Å². The van der Waals surface area contributed by atoms with Gasteiger partial charge in [-0.15, -0.1) is 11.8 Å². The first kappa shape index (κ1) is 14.9. The molecular weight excluding hydrogens is 266 g/mol. The van der Waals surface area contributed by atoms with Gasteiger partial charge in [-0.3, -0.25) is 0 Å². The van der Waals surface area contributed by atoms with Gasteiger partial charge in [0.25, 0.3) is 0 Å². The highest BCUT2D eigenvalue weighted by Crippen LogP contribution is 2.26. The minimum absolute atomic E-state index is 0.224. The number of hydrogen-bond donors (Lipinski definition) is 1. The van der Waals surface area contributed by atoms with Crippen LogP contribution in [0.5, 0.6) is 5.75 Å². The molecule has 1 unspecified atom stereocenters. The van der Waals surface area contributed by atoms with Crippen LogP contribution in [0.2, 0.25) is 0 Å². The van der Waals surface area contributed by atoms with Crippen LogP contribution in [0.15, 0.2) is 53.4 Å². The summed E-state index contributed by atoms with van der Waals surface area (Å²) in [4.78, 5) is 1.29. The summed E-state index contributed by atoms with van der Waals surface area (Å²) in [5.74, 6) is 0.890. The Hall–Kier alpha value is -1.45. The molecule has 2 aromatic rings. The minimum Gasteiger partial charge on any atom is -0.497 e. The van der Waals surface area contributed by atoms with Crippen molar-refractivity contribution < 1.29 is 4.74 Å². The molecule has 0 amide bonds. The predicted octanol–water partition coefficient (Wildman–Crippen LogP) is 4.12. The van der Waals surface area contributed by atoms with Crippen LogP contribution in [0.4, 0.5) is 0 Å². The summed E-state index contributed by atoms with van der Waals surface area (Å²) < 4.78 is 5.22. The maximum absolute atomic E-state index is 5.22. The summed E-state index contributed by atoms with van der Waals surface area (Å²) in [6.07, 6.45) is 2.10. The number of rotatable bonds is 6. The number of thioether (sulfide) groups is 1. The first-order valence-electron chi connectivity index (χ1n) is 6.79. The zero-order valence-corrected chi connectivity index (χ0v) is 13.0. The fourth-order valence-electron chi connectivity index (χ4n) is 2.22. The van der Waals surface area contributed by atoms with Crippen LogP contribution in [0, 0.1) is 0 Å². The molecule has 0 aliphatic rings. The first-order chi connectivity index (χ1) is 9.78. The van der Waals surface area contributed by atoms with Crippen LogP contribution >= 0.6 is 11.8 Å². The zero-order valence-electron chi connectivity index (χ0n) is 12.2. The van der Waals surface area contributed by atoms with E-state index in [0.717, 1.165) is 12.3 Å². The van der Waals surface area contributed by atoms with Crippen molar-refractivity contribution in [1.29, 1.82) is 0 Å². The Morgan fingerprint density at radius 3 is 2.00 bits per heavy atom. The maximum atomic E-state index is 5.22. The van der Waals surface area contributed by atoms with E-state index in [9.17, 15) is 0 Å². The van der Waals surface area contributed by atoms with E-state index in [2.05, 4.69) is 54.9 Å². The van der Waals surface area contributed by atoms with E-state index < -0.39 is 0 Å².